The van der Waals surface area contributed by atoms with Crippen molar-refractivity contribution in [2.75, 3.05) is 20.1 Å². The maximum atomic E-state index is 12.6. The molecule has 0 saturated carbocycles. The Balaban J connectivity index is 2.71. The average Bonchev–Trinajstić information content (AvgIpc) is 2.43. The monoisotopic (exact) mass is 332 g/mol. The minimum atomic E-state index is -0.511. The van der Waals surface area contributed by atoms with Crippen LogP contribution in [0.4, 0.5) is 0 Å². The van der Waals surface area contributed by atoms with Gasteiger partial charge in [-0.05, 0) is 31.5 Å². The van der Waals surface area contributed by atoms with Gasteiger partial charge in [-0.25, -0.2) is 0 Å². The number of rotatable bonds is 7. The molecule has 0 radical (unpaired) electrons. The Labute approximate surface area is 146 Å². The fourth-order valence-electron chi connectivity index (χ4n) is 2.75. The van der Waals surface area contributed by atoms with Crippen molar-refractivity contribution in [2.45, 2.75) is 54.4 Å². The zero-order valence-corrected chi connectivity index (χ0v) is 16.3. The van der Waals surface area contributed by atoms with E-state index in [1.54, 1.807) is 12.3 Å². The van der Waals surface area contributed by atoms with Gasteiger partial charge in [-0.15, -0.1) is 0 Å². The molecular formula is C20H32N2O2. The second kappa shape index (κ2) is 8.02. The van der Waals surface area contributed by atoms with Crippen LogP contribution in [0.5, 0.6) is 0 Å². The summed E-state index contributed by atoms with van der Waals surface area (Å²) < 4.78 is 0. The van der Waals surface area contributed by atoms with Gasteiger partial charge in [-0.1, -0.05) is 41.5 Å². The van der Waals surface area contributed by atoms with E-state index in [4.69, 9.17) is 0 Å². The van der Waals surface area contributed by atoms with Crippen LogP contribution in [0.25, 0.3) is 0 Å². The molecule has 1 aromatic heterocycles. The number of carbonyl (C=O) groups excluding carboxylic acids is 2. The number of carbonyl (C=O) groups is 2. The summed E-state index contributed by atoms with van der Waals surface area (Å²) >= 11 is 0. The third-order valence-corrected chi connectivity index (χ3v) is 3.74. The van der Waals surface area contributed by atoms with E-state index in [2.05, 4.69) is 37.7 Å². The van der Waals surface area contributed by atoms with Crippen molar-refractivity contribution in [3.63, 3.8) is 0 Å². The van der Waals surface area contributed by atoms with Gasteiger partial charge in [0.05, 0.1) is 0 Å². The van der Waals surface area contributed by atoms with E-state index >= 15 is 0 Å². The molecule has 0 atom stereocenters. The van der Waals surface area contributed by atoms with Crippen LogP contribution in [0, 0.1) is 10.8 Å². The number of pyridine rings is 1. The average molecular weight is 332 g/mol. The van der Waals surface area contributed by atoms with Crippen LogP contribution in [0.1, 0.15) is 75.1 Å². The van der Waals surface area contributed by atoms with Crippen molar-refractivity contribution >= 4 is 11.6 Å². The first kappa shape index (κ1) is 20.5. The topological polar surface area (TPSA) is 50.3 Å². The first-order chi connectivity index (χ1) is 10.9. The standard InChI is InChI=1S/C20H32N2O2/c1-19(2,3)14-22(7)12-8-9-17(23)16-13-21-11-10-15(16)18(24)20(4,5)6/h10-11,13H,8-9,12,14H2,1-7H3. The zero-order valence-electron chi connectivity index (χ0n) is 16.3. The van der Waals surface area contributed by atoms with Crippen LogP contribution in [0.2, 0.25) is 0 Å². The minimum Gasteiger partial charge on any atom is -0.306 e. The van der Waals surface area contributed by atoms with E-state index in [0.717, 1.165) is 19.5 Å². The van der Waals surface area contributed by atoms with Gasteiger partial charge in [0, 0.05) is 41.9 Å². The predicted octanol–water partition coefficient (Wildman–Crippen LogP) is 4.25. The quantitative estimate of drug-likeness (QED) is 0.700. The van der Waals surface area contributed by atoms with Gasteiger partial charge in [0.15, 0.2) is 11.6 Å². The van der Waals surface area contributed by atoms with Crippen LogP contribution >= 0.6 is 0 Å². The molecule has 0 amide bonds. The van der Waals surface area contributed by atoms with Gasteiger partial charge in [0.25, 0.3) is 0 Å². The number of hydrogen-bond acceptors (Lipinski definition) is 4. The molecule has 0 saturated heterocycles. The summed E-state index contributed by atoms with van der Waals surface area (Å²) in [6.07, 6.45) is 4.32. The molecular weight excluding hydrogens is 300 g/mol. The molecule has 1 heterocycles. The van der Waals surface area contributed by atoms with Crippen molar-refractivity contribution in [1.82, 2.24) is 9.88 Å². The Bertz CT molecular complexity index is 580. The molecule has 0 unspecified atom stereocenters. The van der Waals surface area contributed by atoms with Gasteiger partial charge >= 0.3 is 0 Å². The van der Waals surface area contributed by atoms with Crippen molar-refractivity contribution in [1.29, 1.82) is 0 Å². The lowest BCUT2D eigenvalue weighted by Gasteiger charge is -2.26. The molecule has 0 bridgehead atoms. The highest BCUT2D eigenvalue weighted by Crippen LogP contribution is 2.23. The summed E-state index contributed by atoms with van der Waals surface area (Å²) in [5.41, 5.74) is 0.680. The van der Waals surface area contributed by atoms with Gasteiger partial charge < -0.3 is 4.90 Å². The van der Waals surface area contributed by atoms with Crippen LogP contribution in [-0.2, 0) is 0 Å². The third kappa shape index (κ3) is 6.52. The normalized spacial score (nSPS) is 12.5. The number of Topliss-reactive ketones (excluding diaryl/α,β-unsaturated/α-hetero) is 2. The third-order valence-electron chi connectivity index (χ3n) is 3.74. The molecule has 4 nitrogen and oxygen atoms in total. The van der Waals surface area contributed by atoms with E-state index in [-0.39, 0.29) is 17.0 Å². The Morgan fingerprint density at radius 1 is 1.08 bits per heavy atom. The minimum absolute atomic E-state index is 0.000131. The highest BCUT2D eigenvalue weighted by atomic mass is 16.1. The predicted molar refractivity (Wildman–Crippen MR) is 98.5 cm³/mol. The Morgan fingerprint density at radius 2 is 1.71 bits per heavy atom. The van der Waals surface area contributed by atoms with Crippen molar-refractivity contribution in [3.05, 3.63) is 29.6 Å². The maximum absolute atomic E-state index is 12.6. The summed E-state index contributed by atoms with van der Waals surface area (Å²) in [7, 11) is 2.08. The molecule has 0 aliphatic carbocycles. The molecule has 0 N–H and O–H groups in total. The molecule has 1 rings (SSSR count). The van der Waals surface area contributed by atoms with E-state index in [1.807, 2.05) is 20.8 Å². The van der Waals surface area contributed by atoms with E-state index in [9.17, 15) is 9.59 Å². The summed E-state index contributed by atoms with van der Waals surface area (Å²) in [5, 5.41) is 0. The number of aromatic nitrogens is 1. The van der Waals surface area contributed by atoms with E-state index < -0.39 is 5.41 Å². The largest absolute Gasteiger partial charge is 0.306 e. The van der Waals surface area contributed by atoms with E-state index in [1.165, 1.54) is 6.20 Å². The first-order valence-corrected chi connectivity index (χ1v) is 8.62. The van der Waals surface area contributed by atoms with E-state index in [0.29, 0.717) is 17.5 Å². The smallest absolute Gasteiger partial charge is 0.169 e. The van der Waals surface area contributed by atoms with Crippen LogP contribution in [0.3, 0.4) is 0 Å². The molecule has 0 fully saturated rings. The second-order valence-electron chi connectivity index (χ2n) is 8.83. The summed E-state index contributed by atoms with van der Waals surface area (Å²) in [6, 6.07) is 1.66. The van der Waals surface area contributed by atoms with Crippen molar-refractivity contribution < 1.29 is 9.59 Å². The van der Waals surface area contributed by atoms with Gasteiger partial charge in [-0.3, -0.25) is 14.6 Å². The van der Waals surface area contributed by atoms with Crippen molar-refractivity contribution in [3.8, 4) is 0 Å². The first-order valence-electron chi connectivity index (χ1n) is 8.62. The highest BCUT2D eigenvalue weighted by Gasteiger charge is 2.27. The Hall–Kier alpha value is -1.55. The Morgan fingerprint density at radius 3 is 2.25 bits per heavy atom. The van der Waals surface area contributed by atoms with Crippen LogP contribution in [0.15, 0.2) is 18.5 Å². The number of hydrogen-bond donors (Lipinski definition) is 0. The molecule has 0 aromatic carbocycles. The fourth-order valence-corrected chi connectivity index (χ4v) is 2.75. The van der Waals surface area contributed by atoms with Gasteiger partial charge in [-0.2, -0.15) is 0 Å². The number of nitrogens with zero attached hydrogens (tertiary/aromatic N) is 2. The molecule has 0 spiro atoms. The van der Waals surface area contributed by atoms with Gasteiger partial charge in [0.2, 0.25) is 0 Å². The molecule has 0 aliphatic heterocycles. The fraction of sp³-hybridized carbons (Fsp3) is 0.650. The second-order valence-corrected chi connectivity index (χ2v) is 8.83. The SMILES string of the molecule is CN(CCCC(=O)c1cnccc1C(=O)C(C)(C)C)CC(C)(C)C. The van der Waals surface area contributed by atoms with Crippen molar-refractivity contribution in [2.24, 2.45) is 10.8 Å². The van der Waals surface area contributed by atoms with Gasteiger partial charge in [0.1, 0.15) is 0 Å². The molecule has 1 aromatic rings. The summed E-state index contributed by atoms with van der Waals surface area (Å²) in [5.74, 6) is -0.0158. The zero-order chi connectivity index (χ0) is 18.5. The summed E-state index contributed by atoms with van der Waals surface area (Å²) in [6.45, 7) is 14.1. The van der Waals surface area contributed by atoms with Crippen LogP contribution in [-0.4, -0.2) is 41.6 Å². The summed E-state index contributed by atoms with van der Waals surface area (Å²) in [4.78, 5) is 31.4. The lowest BCUT2D eigenvalue weighted by molar-refractivity contribution is 0.0849. The Kier molecular flexibility index (Phi) is 6.85. The van der Waals surface area contributed by atoms with Crippen LogP contribution < -0.4 is 0 Å². The number of ketones is 2. The molecule has 24 heavy (non-hydrogen) atoms. The molecule has 4 heteroatoms. The maximum Gasteiger partial charge on any atom is 0.169 e. The highest BCUT2D eigenvalue weighted by molar-refractivity contribution is 6.10. The lowest BCUT2D eigenvalue weighted by atomic mass is 9.84. The lowest BCUT2D eigenvalue weighted by Crippen LogP contribution is -2.30. The molecule has 134 valence electrons. The molecule has 0 aliphatic rings.